The van der Waals surface area contributed by atoms with Gasteiger partial charge in [0, 0.05) is 50.4 Å². The van der Waals surface area contributed by atoms with E-state index in [1.54, 1.807) is 33.7 Å². The number of nitrogens with zero attached hydrogens (tertiary/aromatic N) is 4. The number of H-pyrrole nitrogens is 1. The molecular formula is C33H47N9O5. The van der Waals surface area contributed by atoms with E-state index in [0.717, 1.165) is 0 Å². The van der Waals surface area contributed by atoms with Crippen molar-refractivity contribution in [1.29, 1.82) is 0 Å². The Morgan fingerprint density at radius 3 is 2.45 bits per heavy atom. The molecule has 0 spiro atoms. The van der Waals surface area contributed by atoms with Gasteiger partial charge in [0.1, 0.15) is 11.7 Å². The van der Waals surface area contributed by atoms with Crippen LogP contribution in [0.15, 0.2) is 29.1 Å². The Balaban J connectivity index is 1.58. The highest BCUT2D eigenvalue weighted by molar-refractivity contribution is 5.97. The van der Waals surface area contributed by atoms with Gasteiger partial charge in [0.15, 0.2) is 0 Å². The average molecular weight is 650 g/mol. The average Bonchev–Trinajstić information content (AvgIpc) is 3.34. The number of carbonyl (C=O) groups is 4. The topological polar surface area (TPSA) is 197 Å². The van der Waals surface area contributed by atoms with Crippen LogP contribution in [-0.4, -0.2) is 80.3 Å². The third-order valence-corrected chi connectivity index (χ3v) is 8.35. The molecule has 0 radical (unpaired) electrons. The SMILES string of the molecule is CC[C@H](C)[C@@H]1NC(=O)CCCN(C(=O)c2cc(CC(C)C)nc(N)n2)CCCNC(=O)c2ccc3[nH]c(=O)n(c3c2)CCCNC1=O. The summed E-state index contributed by atoms with van der Waals surface area (Å²) in [5, 5.41) is 8.69. The van der Waals surface area contributed by atoms with Crippen LogP contribution in [-0.2, 0) is 22.6 Å². The van der Waals surface area contributed by atoms with Crippen LogP contribution < -0.4 is 27.4 Å². The number of benzene rings is 1. The number of rotatable bonds is 5. The van der Waals surface area contributed by atoms with Crippen molar-refractivity contribution in [1.82, 2.24) is 40.4 Å². The summed E-state index contributed by atoms with van der Waals surface area (Å²) in [7, 11) is 0. The van der Waals surface area contributed by atoms with Gasteiger partial charge in [-0.25, -0.2) is 14.8 Å². The number of nitrogen functional groups attached to an aromatic ring is 1. The van der Waals surface area contributed by atoms with E-state index in [1.807, 2.05) is 27.7 Å². The fourth-order valence-corrected chi connectivity index (χ4v) is 5.65. The fourth-order valence-electron chi connectivity index (χ4n) is 5.65. The van der Waals surface area contributed by atoms with E-state index in [0.29, 0.717) is 79.9 Å². The number of hydrogen-bond donors (Lipinski definition) is 5. The predicted molar refractivity (Wildman–Crippen MR) is 179 cm³/mol. The number of fused-ring (bicyclic) bond motifs is 1. The van der Waals surface area contributed by atoms with Crippen LogP contribution >= 0.6 is 0 Å². The molecule has 47 heavy (non-hydrogen) atoms. The van der Waals surface area contributed by atoms with Crippen molar-refractivity contribution < 1.29 is 19.2 Å². The Morgan fingerprint density at radius 2 is 1.70 bits per heavy atom. The maximum atomic E-state index is 13.7. The Hall–Kier alpha value is -4.75. The maximum absolute atomic E-state index is 13.7. The molecule has 2 aromatic heterocycles. The number of amides is 4. The summed E-state index contributed by atoms with van der Waals surface area (Å²) in [5.41, 5.74) is 8.07. The van der Waals surface area contributed by atoms with E-state index in [-0.39, 0.29) is 66.4 Å². The zero-order chi connectivity index (χ0) is 34.1. The highest BCUT2D eigenvalue weighted by Crippen LogP contribution is 2.15. The first-order valence-electron chi connectivity index (χ1n) is 16.5. The summed E-state index contributed by atoms with van der Waals surface area (Å²) >= 11 is 0. The molecule has 14 heteroatoms. The number of imidazole rings is 1. The summed E-state index contributed by atoms with van der Waals surface area (Å²) in [6.45, 7) is 9.41. The van der Waals surface area contributed by atoms with Crippen molar-refractivity contribution in [3.05, 3.63) is 51.7 Å². The Labute approximate surface area is 274 Å². The van der Waals surface area contributed by atoms with E-state index in [2.05, 4.69) is 30.9 Å². The third-order valence-electron chi connectivity index (χ3n) is 8.35. The van der Waals surface area contributed by atoms with Gasteiger partial charge in [-0.1, -0.05) is 34.1 Å². The normalized spacial score (nSPS) is 18.4. The van der Waals surface area contributed by atoms with Gasteiger partial charge < -0.3 is 31.6 Å². The highest BCUT2D eigenvalue weighted by Gasteiger charge is 2.26. The van der Waals surface area contributed by atoms with Gasteiger partial charge in [-0.05, 0) is 61.8 Å². The van der Waals surface area contributed by atoms with Crippen molar-refractivity contribution in [3.8, 4) is 0 Å². The Morgan fingerprint density at radius 1 is 0.979 bits per heavy atom. The molecule has 2 bridgehead atoms. The number of nitrogens with one attached hydrogen (secondary N) is 4. The first-order chi connectivity index (χ1) is 22.5. The molecule has 4 amide bonds. The molecule has 3 aromatic rings. The standard InChI is InChI=1S/C33H47N9O5/c1-5-21(4)28-30(45)36-13-8-16-42-26-18-22(10-11-24(26)39-33(42)47)29(44)35-12-7-15-41(14-6-9-27(43)40-28)31(46)25-19-23(17-20(2)3)37-32(34)38-25/h10-11,18-21,28H,5-9,12-17H2,1-4H3,(H,35,44)(H,36,45)(H,39,47)(H,40,43)(H2,34,37,38)/t21-,28-/m0/s1. The number of carbonyl (C=O) groups excluding carboxylic acids is 4. The van der Waals surface area contributed by atoms with Crippen molar-refractivity contribution >= 4 is 40.6 Å². The molecule has 3 heterocycles. The lowest BCUT2D eigenvalue weighted by molar-refractivity contribution is -0.130. The highest BCUT2D eigenvalue weighted by atomic mass is 16.2. The Bertz CT molecular complexity index is 1650. The lowest BCUT2D eigenvalue weighted by atomic mass is 9.98. The van der Waals surface area contributed by atoms with Crippen molar-refractivity contribution in [3.63, 3.8) is 0 Å². The van der Waals surface area contributed by atoms with E-state index in [1.165, 1.54) is 0 Å². The molecule has 0 unspecified atom stereocenters. The Kier molecular flexibility index (Phi) is 12.1. The number of anilines is 1. The number of aromatic nitrogens is 4. The second-order valence-electron chi connectivity index (χ2n) is 12.6. The molecule has 1 aromatic carbocycles. The first-order valence-corrected chi connectivity index (χ1v) is 16.5. The lowest BCUT2D eigenvalue weighted by Crippen LogP contribution is -2.50. The van der Waals surface area contributed by atoms with Crippen LogP contribution in [0.25, 0.3) is 11.0 Å². The second kappa shape index (κ2) is 16.2. The summed E-state index contributed by atoms with van der Waals surface area (Å²) in [6, 6.07) is 5.94. The molecular weight excluding hydrogens is 602 g/mol. The van der Waals surface area contributed by atoms with Gasteiger partial charge in [-0.3, -0.25) is 23.7 Å². The van der Waals surface area contributed by atoms with Crippen LogP contribution in [0, 0.1) is 11.8 Å². The van der Waals surface area contributed by atoms with E-state index < -0.39 is 6.04 Å². The smallest absolute Gasteiger partial charge is 0.326 e. The maximum Gasteiger partial charge on any atom is 0.326 e. The molecule has 254 valence electrons. The van der Waals surface area contributed by atoms with Gasteiger partial charge in [0.25, 0.3) is 11.8 Å². The van der Waals surface area contributed by atoms with Gasteiger partial charge in [-0.2, -0.15) is 0 Å². The van der Waals surface area contributed by atoms with E-state index >= 15 is 0 Å². The molecule has 1 aliphatic heterocycles. The largest absolute Gasteiger partial charge is 0.368 e. The van der Waals surface area contributed by atoms with Crippen LogP contribution in [0.1, 0.15) is 86.3 Å². The number of hydrogen-bond acceptors (Lipinski definition) is 8. The second-order valence-corrected chi connectivity index (χ2v) is 12.6. The van der Waals surface area contributed by atoms with E-state index in [9.17, 15) is 24.0 Å². The predicted octanol–water partition coefficient (Wildman–Crippen LogP) is 1.99. The van der Waals surface area contributed by atoms with Gasteiger partial charge in [0.05, 0.1) is 11.0 Å². The molecule has 0 fully saturated rings. The third kappa shape index (κ3) is 9.39. The first kappa shape index (κ1) is 35.1. The van der Waals surface area contributed by atoms with Gasteiger partial charge in [-0.15, -0.1) is 0 Å². The van der Waals surface area contributed by atoms with Crippen molar-refractivity contribution in [2.24, 2.45) is 11.8 Å². The molecule has 2 atom stereocenters. The molecule has 0 saturated carbocycles. The molecule has 14 nitrogen and oxygen atoms in total. The monoisotopic (exact) mass is 649 g/mol. The quantitative estimate of drug-likeness (QED) is 0.277. The zero-order valence-electron chi connectivity index (χ0n) is 27.7. The lowest BCUT2D eigenvalue weighted by Gasteiger charge is -2.25. The minimum atomic E-state index is -0.724. The summed E-state index contributed by atoms with van der Waals surface area (Å²) in [5.74, 6) is -1.03. The summed E-state index contributed by atoms with van der Waals surface area (Å²) in [4.78, 5) is 78.5. The van der Waals surface area contributed by atoms with Crippen LogP contribution in [0.2, 0.25) is 0 Å². The van der Waals surface area contributed by atoms with Crippen molar-refractivity contribution in [2.75, 3.05) is 31.9 Å². The number of aromatic amines is 1. The minimum Gasteiger partial charge on any atom is -0.368 e. The molecule has 0 aliphatic carbocycles. The molecule has 0 saturated heterocycles. The summed E-state index contributed by atoms with van der Waals surface area (Å²) in [6.07, 6.45) is 2.68. The number of aryl methyl sites for hydroxylation is 1. The summed E-state index contributed by atoms with van der Waals surface area (Å²) < 4.78 is 1.55. The molecule has 6 N–H and O–H groups in total. The number of nitrogens with two attached hydrogens (primary N) is 1. The van der Waals surface area contributed by atoms with Crippen LogP contribution in [0.5, 0.6) is 0 Å². The molecule has 1 aliphatic rings. The van der Waals surface area contributed by atoms with Crippen LogP contribution in [0.4, 0.5) is 5.95 Å². The van der Waals surface area contributed by atoms with Crippen LogP contribution in [0.3, 0.4) is 0 Å². The van der Waals surface area contributed by atoms with Gasteiger partial charge in [0.2, 0.25) is 17.8 Å². The zero-order valence-corrected chi connectivity index (χ0v) is 27.7. The minimum absolute atomic E-state index is 0.0150. The van der Waals surface area contributed by atoms with E-state index in [4.69, 9.17) is 5.73 Å². The fraction of sp³-hybridized carbons (Fsp3) is 0.545. The molecule has 4 rings (SSSR count). The van der Waals surface area contributed by atoms with Gasteiger partial charge >= 0.3 is 5.69 Å². The van der Waals surface area contributed by atoms with Crippen molar-refractivity contribution in [2.45, 2.75) is 78.8 Å².